The van der Waals surface area contributed by atoms with Crippen LogP contribution in [0.1, 0.15) is 16.8 Å². The van der Waals surface area contributed by atoms with Gasteiger partial charge in [-0.05, 0) is 36.2 Å². The predicted octanol–water partition coefficient (Wildman–Crippen LogP) is 3.51. The lowest BCUT2D eigenvalue weighted by atomic mass is 10.2. The summed E-state index contributed by atoms with van der Waals surface area (Å²) >= 11 is 0. The molecule has 136 valence electrons. The fraction of sp³-hybridized carbons (Fsp3) is 0.250. The van der Waals surface area contributed by atoms with Crippen LogP contribution in [0.2, 0.25) is 0 Å². The minimum absolute atomic E-state index is 0. The minimum Gasteiger partial charge on any atom is -0.406 e. The van der Waals surface area contributed by atoms with Crippen LogP contribution in [-0.4, -0.2) is 17.3 Å². The van der Waals surface area contributed by atoms with E-state index >= 15 is 0 Å². The van der Waals surface area contributed by atoms with Crippen LogP contribution in [0, 0.1) is 6.92 Å². The lowest BCUT2D eigenvalue weighted by molar-refractivity contribution is -0.274. The highest BCUT2D eigenvalue weighted by atomic mass is 127. The number of nitrogens with one attached hydrogen (secondary N) is 1. The summed E-state index contributed by atoms with van der Waals surface area (Å²) in [5.41, 5.74) is 8.39. The molecule has 0 radical (unpaired) electrons. The molecule has 1 heterocycles. The van der Waals surface area contributed by atoms with Crippen molar-refractivity contribution in [2.45, 2.75) is 26.4 Å². The van der Waals surface area contributed by atoms with Crippen molar-refractivity contribution in [3.05, 3.63) is 59.4 Å². The highest BCUT2D eigenvalue weighted by Crippen LogP contribution is 2.22. The Morgan fingerprint density at radius 3 is 2.52 bits per heavy atom. The van der Waals surface area contributed by atoms with Gasteiger partial charge in [0.2, 0.25) is 0 Å². The van der Waals surface area contributed by atoms with Crippen LogP contribution in [0.3, 0.4) is 0 Å². The standard InChI is InChI=1S/C16H17F3N4O.HI/c1-11-3-2-8-21-14(11)10-23-15(20)22-9-12-4-6-13(7-5-12)24-16(17,18)19;/h2-8H,9-10H2,1H3,(H3,20,22,23);1H. The number of guanidine groups is 1. The summed E-state index contributed by atoms with van der Waals surface area (Å²) in [5.74, 6) is -0.0392. The summed E-state index contributed by atoms with van der Waals surface area (Å²) in [4.78, 5) is 8.36. The second kappa shape index (κ2) is 9.44. The fourth-order valence-corrected chi connectivity index (χ4v) is 1.91. The number of benzene rings is 1. The summed E-state index contributed by atoms with van der Waals surface area (Å²) in [6, 6.07) is 9.27. The number of ether oxygens (including phenoxy) is 1. The first-order chi connectivity index (χ1) is 11.3. The SMILES string of the molecule is Cc1cccnc1CNC(N)=NCc1ccc(OC(F)(F)F)cc1.I. The maximum absolute atomic E-state index is 12.1. The Bertz CT molecular complexity index is 705. The lowest BCUT2D eigenvalue weighted by Crippen LogP contribution is -2.31. The Labute approximate surface area is 160 Å². The third kappa shape index (κ3) is 7.59. The fourth-order valence-electron chi connectivity index (χ4n) is 1.91. The van der Waals surface area contributed by atoms with Crippen molar-refractivity contribution in [2.24, 2.45) is 10.7 Å². The van der Waals surface area contributed by atoms with Gasteiger partial charge in [0.05, 0.1) is 18.8 Å². The van der Waals surface area contributed by atoms with Crippen LogP contribution in [0.25, 0.3) is 0 Å². The van der Waals surface area contributed by atoms with Crippen molar-refractivity contribution in [3.8, 4) is 5.75 Å². The van der Waals surface area contributed by atoms with Crippen LogP contribution in [0.4, 0.5) is 13.2 Å². The lowest BCUT2D eigenvalue weighted by Gasteiger charge is -2.09. The summed E-state index contributed by atoms with van der Waals surface area (Å²) in [6.07, 6.45) is -3.00. The van der Waals surface area contributed by atoms with E-state index in [9.17, 15) is 13.2 Å². The van der Waals surface area contributed by atoms with Crippen LogP contribution in [0.5, 0.6) is 5.75 Å². The Morgan fingerprint density at radius 2 is 1.92 bits per heavy atom. The summed E-state index contributed by atoms with van der Waals surface area (Å²) in [7, 11) is 0. The monoisotopic (exact) mass is 466 g/mol. The topological polar surface area (TPSA) is 72.5 Å². The Hall–Kier alpha value is -2.04. The molecule has 0 fully saturated rings. The molecule has 1 aromatic heterocycles. The van der Waals surface area contributed by atoms with Crippen molar-refractivity contribution >= 4 is 29.9 Å². The molecule has 0 aliphatic carbocycles. The molecule has 0 aliphatic rings. The number of alkyl halides is 3. The van der Waals surface area contributed by atoms with Gasteiger partial charge in [-0.3, -0.25) is 4.98 Å². The number of hydrogen-bond acceptors (Lipinski definition) is 3. The highest BCUT2D eigenvalue weighted by molar-refractivity contribution is 14.0. The molecule has 2 aromatic rings. The van der Waals surface area contributed by atoms with Crippen molar-refractivity contribution in [2.75, 3.05) is 0 Å². The normalized spacial score (nSPS) is 11.6. The molecule has 0 bridgehead atoms. The zero-order valence-electron chi connectivity index (χ0n) is 13.4. The first-order valence-electron chi connectivity index (χ1n) is 7.12. The quantitative estimate of drug-likeness (QED) is 0.402. The van der Waals surface area contributed by atoms with E-state index < -0.39 is 6.36 Å². The van der Waals surface area contributed by atoms with Gasteiger partial charge in [0.25, 0.3) is 0 Å². The van der Waals surface area contributed by atoms with Gasteiger partial charge in [-0.1, -0.05) is 18.2 Å². The molecule has 2 rings (SSSR count). The van der Waals surface area contributed by atoms with Gasteiger partial charge in [0, 0.05) is 6.20 Å². The van der Waals surface area contributed by atoms with Crippen LogP contribution in [-0.2, 0) is 13.1 Å². The maximum atomic E-state index is 12.1. The Balaban J connectivity index is 0.00000312. The summed E-state index contributed by atoms with van der Waals surface area (Å²) < 4.78 is 40.0. The third-order valence-electron chi connectivity index (χ3n) is 3.14. The van der Waals surface area contributed by atoms with Gasteiger partial charge >= 0.3 is 6.36 Å². The number of aliphatic imine (C=N–C) groups is 1. The maximum Gasteiger partial charge on any atom is 0.573 e. The second-order valence-corrected chi connectivity index (χ2v) is 5.01. The molecule has 0 amide bonds. The summed E-state index contributed by atoms with van der Waals surface area (Å²) in [5, 5.41) is 2.94. The number of nitrogens with zero attached hydrogens (tertiary/aromatic N) is 2. The molecule has 5 nitrogen and oxygen atoms in total. The van der Waals surface area contributed by atoms with Crippen molar-refractivity contribution in [3.63, 3.8) is 0 Å². The summed E-state index contributed by atoms with van der Waals surface area (Å²) in [6.45, 7) is 2.63. The molecule has 0 saturated heterocycles. The van der Waals surface area contributed by atoms with Gasteiger partial charge in [0.15, 0.2) is 5.96 Å². The van der Waals surface area contributed by atoms with E-state index in [-0.39, 0.29) is 42.2 Å². The smallest absolute Gasteiger partial charge is 0.406 e. The predicted molar refractivity (Wildman–Crippen MR) is 99.7 cm³/mol. The second-order valence-electron chi connectivity index (χ2n) is 5.01. The number of aromatic nitrogens is 1. The molecule has 0 aliphatic heterocycles. The van der Waals surface area contributed by atoms with Gasteiger partial charge in [0.1, 0.15) is 5.75 Å². The first-order valence-corrected chi connectivity index (χ1v) is 7.12. The zero-order chi connectivity index (χ0) is 17.6. The number of aryl methyl sites for hydroxylation is 1. The van der Waals surface area contributed by atoms with Gasteiger partial charge in [-0.2, -0.15) is 0 Å². The number of nitrogens with two attached hydrogens (primary N) is 1. The number of halogens is 4. The Morgan fingerprint density at radius 1 is 1.24 bits per heavy atom. The molecule has 0 atom stereocenters. The van der Waals surface area contributed by atoms with E-state index in [0.717, 1.165) is 11.3 Å². The van der Waals surface area contributed by atoms with Gasteiger partial charge in [-0.25, -0.2) is 4.99 Å². The molecule has 0 saturated carbocycles. The van der Waals surface area contributed by atoms with E-state index in [1.165, 1.54) is 24.3 Å². The molecule has 1 aromatic carbocycles. The number of hydrogen-bond donors (Lipinski definition) is 2. The molecular formula is C16H18F3IN4O. The van der Waals surface area contributed by atoms with Gasteiger partial charge < -0.3 is 15.8 Å². The van der Waals surface area contributed by atoms with Crippen LogP contribution < -0.4 is 15.8 Å². The molecule has 9 heteroatoms. The van der Waals surface area contributed by atoms with Crippen molar-refractivity contribution < 1.29 is 17.9 Å². The zero-order valence-corrected chi connectivity index (χ0v) is 15.7. The van der Waals surface area contributed by atoms with E-state index in [1.54, 1.807) is 6.20 Å². The van der Waals surface area contributed by atoms with Crippen molar-refractivity contribution in [1.82, 2.24) is 10.3 Å². The molecule has 3 N–H and O–H groups in total. The highest BCUT2D eigenvalue weighted by Gasteiger charge is 2.30. The van der Waals surface area contributed by atoms with E-state index in [1.807, 2.05) is 19.1 Å². The average Bonchev–Trinajstić information content (AvgIpc) is 2.52. The number of rotatable bonds is 5. The van der Waals surface area contributed by atoms with Crippen LogP contribution in [0.15, 0.2) is 47.6 Å². The third-order valence-corrected chi connectivity index (χ3v) is 3.14. The first kappa shape index (κ1) is 21.0. The van der Waals surface area contributed by atoms with Crippen LogP contribution >= 0.6 is 24.0 Å². The number of pyridine rings is 1. The van der Waals surface area contributed by atoms with E-state index in [0.29, 0.717) is 12.1 Å². The van der Waals surface area contributed by atoms with Gasteiger partial charge in [-0.15, -0.1) is 37.1 Å². The van der Waals surface area contributed by atoms with Crippen molar-refractivity contribution in [1.29, 1.82) is 0 Å². The minimum atomic E-state index is -4.70. The molecule has 0 unspecified atom stereocenters. The van der Waals surface area contributed by atoms with E-state index in [2.05, 4.69) is 20.0 Å². The molecular weight excluding hydrogens is 448 g/mol. The average molecular weight is 466 g/mol. The Kier molecular flexibility index (Phi) is 7.94. The van der Waals surface area contributed by atoms with E-state index in [4.69, 9.17) is 5.73 Å². The molecule has 0 spiro atoms. The largest absolute Gasteiger partial charge is 0.573 e. The molecule has 25 heavy (non-hydrogen) atoms.